The molecule has 0 fully saturated rings. The Morgan fingerprint density at radius 1 is 1.26 bits per heavy atom. The van der Waals surface area contributed by atoms with Gasteiger partial charge in [0, 0.05) is 19.1 Å². The largest absolute Gasteiger partial charge is 0.384 e. The molecular formula is C12H11FN4OS. The third kappa shape index (κ3) is 2.34. The highest BCUT2D eigenvalue weighted by Crippen LogP contribution is 2.25. The summed E-state index contributed by atoms with van der Waals surface area (Å²) in [4.78, 5) is 0.727. The Kier molecular flexibility index (Phi) is 3.22. The quantitative estimate of drug-likeness (QED) is 0.734. The fraction of sp³-hybridized carbons (Fsp3) is 0.250. The molecule has 0 aliphatic heterocycles. The van der Waals surface area contributed by atoms with E-state index in [1.165, 1.54) is 23.5 Å². The predicted octanol–water partition coefficient (Wildman–Crippen LogP) is 2.18. The lowest BCUT2D eigenvalue weighted by atomic mass is 10.2. The molecule has 7 heteroatoms. The number of nitrogens with zero attached hydrogens (tertiary/aromatic N) is 4. The summed E-state index contributed by atoms with van der Waals surface area (Å²) in [6.07, 6.45) is 0.657. The molecule has 3 rings (SSSR count). The van der Waals surface area contributed by atoms with Crippen LogP contribution in [-0.2, 0) is 11.2 Å². The molecule has 0 N–H and O–H groups in total. The van der Waals surface area contributed by atoms with Crippen molar-refractivity contribution in [2.45, 2.75) is 6.42 Å². The second-order valence-electron chi connectivity index (χ2n) is 3.97. The van der Waals surface area contributed by atoms with Crippen LogP contribution >= 0.6 is 11.3 Å². The molecule has 19 heavy (non-hydrogen) atoms. The average molecular weight is 278 g/mol. The third-order valence-electron chi connectivity index (χ3n) is 2.68. The van der Waals surface area contributed by atoms with Gasteiger partial charge in [-0.2, -0.15) is 9.61 Å². The molecule has 0 atom stereocenters. The second kappa shape index (κ2) is 5.02. The van der Waals surface area contributed by atoms with Crippen LogP contribution in [0.3, 0.4) is 0 Å². The molecule has 2 heterocycles. The molecule has 3 aromatic rings. The van der Waals surface area contributed by atoms with Gasteiger partial charge in [0.15, 0.2) is 5.82 Å². The molecular weight excluding hydrogens is 267 g/mol. The van der Waals surface area contributed by atoms with Gasteiger partial charge in [0.05, 0.1) is 6.61 Å². The van der Waals surface area contributed by atoms with Crippen molar-refractivity contribution in [2.75, 3.05) is 13.7 Å². The number of benzene rings is 1. The summed E-state index contributed by atoms with van der Waals surface area (Å²) in [5.41, 5.74) is 0.870. The molecule has 98 valence electrons. The Hall–Kier alpha value is -1.86. The number of methoxy groups -OCH3 is 1. The van der Waals surface area contributed by atoms with Crippen LogP contribution in [0.25, 0.3) is 15.5 Å². The third-order valence-corrected chi connectivity index (χ3v) is 3.62. The summed E-state index contributed by atoms with van der Waals surface area (Å²) in [6.45, 7) is 0.574. The lowest BCUT2D eigenvalue weighted by Crippen LogP contribution is -2.01. The van der Waals surface area contributed by atoms with E-state index in [1.54, 1.807) is 23.8 Å². The van der Waals surface area contributed by atoms with E-state index in [2.05, 4.69) is 15.3 Å². The smallest absolute Gasteiger partial charge is 0.234 e. The lowest BCUT2D eigenvalue weighted by Gasteiger charge is -1.96. The Morgan fingerprint density at radius 2 is 2.05 bits per heavy atom. The Labute approximate surface area is 112 Å². The van der Waals surface area contributed by atoms with Crippen molar-refractivity contribution in [3.8, 4) is 10.6 Å². The molecule has 1 aromatic carbocycles. The van der Waals surface area contributed by atoms with Crippen LogP contribution < -0.4 is 0 Å². The normalized spacial score (nSPS) is 11.3. The first-order valence-electron chi connectivity index (χ1n) is 5.74. The van der Waals surface area contributed by atoms with Crippen molar-refractivity contribution < 1.29 is 9.13 Å². The van der Waals surface area contributed by atoms with Crippen LogP contribution in [-0.4, -0.2) is 33.5 Å². The summed E-state index contributed by atoms with van der Waals surface area (Å²) in [5.74, 6) is 0.508. The Morgan fingerprint density at radius 3 is 2.79 bits per heavy atom. The summed E-state index contributed by atoms with van der Waals surface area (Å²) in [5, 5.41) is 13.4. The molecule has 0 unspecified atom stereocenters. The van der Waals surface area contributed by atoms with E-state index in [-0.39, 0.29) is 5.82 Å². The standard InChI is InChI=1S/C12H11FN4OS/c1-18-7-6-10-14-15-12-17(10)16-11(19-12)8-2-4-9(13)5-3-8/h2-5H,6-7H2,1H3. The van der Waals surface area contributed by atoms with Gasteiger partial charge in [-0.3, -0.25) is 0 Å². The topological polar surface area (TPSA) is 52.3 Å². The zero-order valence-electron chi connectivity index (χ0n) is 10.2. The Bertz CT molecular complexity index is 691. The fourth-order valence-electron chi connectivity index (χ4n) is 1.72. The number of hydrogen-bond acceptors (Lipinski definition) is 5. The van der Waals surface area contributed by atoms with Crippen LogP contribution in [0, 0.1) is 5.82 Å². The minimum Gasteiger partial charge on any atom is -0.384 e. The lowest BCUT2D eigenvalue weighted by molar-refractivity contribution is 0.200. The maximum absolute atomic E-state index is 12.9. The van der Waals surface area contributed by atoms with Crippen molar-refractivity contribution in [3.05, 3.63) is 35.9 Å². The first-order valence-corrected chi connectivity index (χ1v) is 6.55. The molecule has 0 saturated heterocycles. The fourth-order valence-corrected chi connectivity index (χ4v) is 2.58. The number of fused-ring (bicyclic) bond motifs is 1. The highest BCUT2D eigenvalue weighted by atomic mass is 32.1. The highest BCUT2D eigenvalue weighted by molar-refractivity contribution is 7.19. The maximum atomic E-state index is 12.9. The molecule has 0 radical (unpaired) electrons. The van der Waals surface area contributed by atoms with Crippen LogP contribution in [0.4, 0.5) is 4.39 Å². The van der Waals surface area contributed by atoms with Crippen molar-refractivity contribution >= 4 is 16.3 Å². The summed E-state index contributed by atoms with van der Waals surface area (Å²) in [6, 6.07) is 6.25. The van der Waals surface area contributed by atoms with Gasteiger partial charge in [-0.25, -0.2) is 4.39 Å². The van der Waals surface area contributed by atoms with Crippen LogP contribution in [0.15, 0.2) is 24.3 Å². The van der Waals surface area contributed by atoms with E-state index in [0.717, 1.165) is 21.4 Å². The number of aromatic nitrogens is 4. The zero-order valence-corrected chi connectivity index (χ0v) is 11.0. The molecule has 0 aliphatic carbocycles. The van der Waals surface area contributed by atoms with Crippen molar-refractivity contribution in [1.29, 1.82) is 0 Å². The monoisotopic (exact) mass is 278 g/mol. The molecule has 0 bridgehead atoms. The van der Waals surface area contributed by atoms with E-state index in [9.17, 15) is 4.39 Å². The van der Waals surface area contributed by atoms with E-state index in [4.69, 9.17) is 4.74 Å². The maximum Gasteiger partial charge on any atom is 0.234 e. The van der Waals surface area contributed by atoms with Crippen LogP contribution in [0.2, 0.25) is 0 Å². The van der Waals surface area contributed by atoms with Gasteiger partial charge in [-0.1, -0.05) is 11.3 Å². The van der Waals surface area contributed by atoms with Gasteiger partial charge in [0.1, 0.15) is 10.8 Å². The number of rotatable bonds is 4. The first kappa shape index (κ1) is 12.2. The van der Waals surface area contributed by atoms with Gasteiger partial charge < -0.3 is 4.74 Å². The van der Waals surface area contributed by atoms with Gasteiger partial charge in [0.2, 0.25) is 4.96 Å². The number of hydrogen-bond donors (Lipinski definition) is 0. The van der Waals surface area contributed by atoms with E-state index in [1.807, 2.05) is 0 Å². The van der Waals surface area contributed by atoms with E-state index >= 15 is 0 Å². The van der Waals surface area contributed by atoms with Crippen molar-refractivity contribution in [3.63, 3.8) is 0 Å². The second-order valence-corrected chi connectivity index (χ2v) is 4.92. The van der Waals surface area contributed by atoms with Crippen LogP contribution in [0.5, 0.6) is 0 Å². The average Bonchev–Trinajstić information content (AvgIpc) is 2.98. The van der Waals surface area contributed by atoms with Crippen molar-refractivity contribution in [2.24, 2.45) is 0 Å². The van der Waals surface area contributed by atoms with E-state index in [0.29, 0.717) is 13.0 Å². The molecule has 0 amide bonds. The summed E-state index contributed by atoms with van der Waals surface area (Å²) in [7, 11) is 1.64. The van der Waals surface area contributed by atoms with Gasteiger partial charge in [0.25, 0.3) is 0 Å². The molecule has 2 aromatic heterocycles. The zero-order chi connectivity index (χ0) is 13.2. The van der Waals surface area contributed by atoms with Gasteiger partial charge in [-0.15, -0.1) is 10.2 Å². The minimum atomic E-state index is -0.257. The predicted molar refractivity (Wildman–Crippen MR) is 69.6 cm³/mol. The summed E-state index contributed by atoms with van der Waals surface area (Å²) < 4.78 is 19.6. The molecule has 0 spiro atoms. The number of ether oxygens (including phenoxy) is 1. The number of halogens is 1. The van der Waals surface area contributed by atoms with Crippen molar-refractivity contribution in [1.82, 2.24) is 19.8 Å². The Balaban J connectivity index is 1.97. The highest BCUT2D eigenvalue weighted by Gasteiger charge is 2.12. The van der Waals surface area contributed by atoms with Gasteiger partial charge >= 0.3 is 0 Å². The molecule has 0 saturated carbocycles. The van der Waals surface area contributed by atoms with Gasteiger partial charge in [-0.05, 0) is 24.3 Å². The van der Waals surface area contributed by atoms with E-state index < -0.39 is 0 Å². The molecule has 0 aliphatic rings. The summed E-state index contributed by atoms with van der Waals surface area (Å²) >= 11 is 1.43. The SMILES string of the molecule is COCCc1nnc2sc(-c3ccc(F)cc3)nn12. The molecule has 5 nitrogen and oxygen atoms in total. The van der Waals surface area contributed by atoms with Crippen LogP contribution in [0.1, 0.15) is 5.82 Å². The minimum absolute atomic E-state index is 0.257. The first-order chi connectivity index (χ1) is 9.28.